The average Bonchev–Trinajstić information content (AvgIpc) is 2.17. The highest BCUT2D eigenvalue weighted by atomic mass is 16.5. The molecule has 1 aromatic carbocycles. The van der Waals surface area contributed by atoms with Gasteiger partial charge in [-0.2, -0.15) is 0 Å². The predicted molar refractivity (Wildman–Crippen MR) is 48.8 cm³/mol. The van der Waals surface area contributed by atoms with Crippen LogP contribution in [-0.2, 0) is 6.42 Å². The van der Waals surface area contributed by atoms with Crippen LogP contribution in [0.15, 0.2) is 36.1 Å². The lowest BCUT2D eigenvalue weighted by molar-refractivity contribution is 0.400. The van der Waals surface area contributed by atoms with Crippen molar-refractivity contribution in [3.8, 4) is 5.75 Å². The van der Waals surface area contributed by atoms with Crippen molar-refractivity contribution in [2.24, 2.45) is 0 Å². The van der Waals surface area contributed by atoms with E-state index in [1.807, 2.05) is 18.2 Å². The van der Waals surface area contributed by atoms with Crippen LogP contribution in [0.3, 0.4) is 0 Å². The molecule has 0 spiro atoms. The van der Waals surface area contributed by atoms with Crippen LogP contribution < -0.4 is 4.74 Å². The Bertz CT molecular complexity index is 313. The van der Waals surface area contributed by atoms with Crippen molar-refractivity contribution in [3.63, 3.8) is 0 Å². The molecule has 1 nitrogen and oxygen atoms in total. The highest BCUT2D eigenvalue weighted by Crippen LogP contribution is 2.26. The van der Waals surface area contributed by atoms with Gasteiger partial charge in [0.2, 0.25) is 0 Å². The van der Waals surface area contributed by atoms with E-state index >= 15 is 0 Å². The standard InChI is InChI=1S/C11H11O/c1-2-10-8-7-9-5-3-4-6-11(9)12-10/h3-6,8H,1-2,7H2. The van der Waals surface area contributed by atoms with Crippen molar-refractivity contribution >= 4 is 0 Å². The fourth-order valence-corrected chi connectivity index (χ4v) is 1.33. The number of benzene rings is 1. The second-order valence-electron chi connectivity index (χ2n) is 2.83. The van der Waals surface area contributed by atoms with Gasteiger partial charge in [0.25, 0.3) is 0 Å². The van der Waals surface area contributed by atoms with E-state index in [4.69, 9.17) is 4.74 Å². The fraction of sp³-hybridized carbons (Fsp3) is 0.182. The Morgan fingerprint density at radius 1 is 1.33 bits per heavy atom. The second-order valence-corrected chi connectivity index (χ2v) is 2.83. The summed E-state index contributed by atoms with van der Waals surface area (Å²) in [5.74, 6) is 1.97. The number of allylic oxidation sites excluding steroid dienone is 2. The van der Waals surface area contributed by atoms with Gasteiger partial charge in [-0.05, 0) is 31.1 Å². The summed E-state index contributed by atoms with van der Waals surface area (Å²) < 4.78 is 5.58. The molecule has 1 aliphatic rings. The molecule has 61 valence electrons. The van der Waals surface area contributed by atoms with Crippen LogP contribution in [0.4, 0.5) is 0 Å². The third kappa shape index (κ3) is 1.22. The molecule has 0 aromatic heterocycles. The van der Waals surface area contributed by atoms with Crippen LogP contribution in [0.1, 0.15) is 12.0 Å². The van der Waals surface area contributed by atoms with Gasteiger partial charge in [-0.3, -0.25) is 0 Å². The molecule has 0 amide bonds. The Labute approximate surface area is 72.7 Å². The van der Waals surface area contributed by atoms with Gasteiger partial charge in [-0.1, -0.05) is 18.2 Å². The predicted octanol–water partition coefficient (Wildman–Crippen LogP) is 2.73. The van der Waals surface area contributed by atoms with Crippen molar-refractivity contribution in [1.29, 1.82) is 0 Å². The van der Waals surface area contributed by atoms with E-state index in [1.54, 1.807) is 0 Å². The summed E-state index contributed by atoms with van der Waals surface area (Å²) >= 11 is 0. The monoisotopic (exact) mass is 159 g/mol. The quantitative estimate of drug-likeness (QED) is 0.612. The van der Waals surface area contributed by atoms with E-state index in [9.17, 15) is 0 Å². The Kier molecular flexibility index (Phi) is 1.86. The first kappa shape index (κ1) is 7.41. The molecular formula is C11H11O. The first-order chi connectivity index (χ1) is 5.90. The van der Waals surface area contributed by atoms with Gasteiger partial charge in [-0.15, -0.1) is 0 Å². The maximum atomic E-state index is 5.58. The highest BCUT2D eigenvalue weighted by Gasteiger charge is 2.09. The van der Waals surface area contributed by atoms with Gasteiger partial charge in [0, 0.05) is 6.42 Å². The first-order valence-electron chi connectivity index (χ1n) is 4.14. The normalized spacial score (nSPS) is 14.6. The molecule has 0 saturated heterocycles. The largest absolute Gasteiger partial charge is 0.462 e. The van der Waals surface area contributed by atoms with Gasteiger partial charge in [0.15, 0.2) is 0 Å². The lowest BCUT2D eigenvalue weighted by Crippen LogP contribution is -2.03. The summed E-state index contributed by atoms with van der Waals surface area (Å²) in [6.45, 7) is 3.79. The zero-order valence-corrected chi connectivity index (χ0v) is 6.92. The molecule has 0 fully saturated rings. The summed E-state index contributed by atoms with van der Waals surface area (Å²) in [4.78, 5) is 0. The van der Waals surface area contributed by atoms with Gasteiger partial charge in [0.05, 0.1) is 0 Å². The second kappa shape index (κ2) is 3.02. The van der Waals surface area contributed by atoms with Gasteiger partial charge in [0.1, 0.15) is 11.5 Å². The maximum Gasteiger partial charge on any atom is 0.130 e. The van der Waals surface area contributed by atoms with Crippen molar-refractivity contribution in [2.75, 3.05) is 0 Å². The Morgan fingerprint density at radius 3 is 3.00 bits per heavy atom. The molecule has 0 saturated carbocycles. The molecule has 12 heavy (non-hydrogen) atoms. The van der Waals surface area contributed by atoms with E-state index < -0.39 is 0 Å². The Balaban J connectivity index is 2.31. The summed E-state index contributed by atoms with van der Waals surface area (Å²) in [5.41, 5.74) is 1.26. The van der Waals surface area contributed by atoms with Crippen molar-refractivity contribution in [3.05, 3.63) is 48.6 Å². The zero-order valence-electron chi connectivity index (χ0n) is 6.92. The molecule has 1 aromatic rings. The molecule has 0 unspecified atom stereocenters. The van der Waals surface area contributed by atoms with Gasteiger partial charge < -0.3 is 4.74 Å². The van der Waals surface area contributed by atoms with Crippen LogP contribution in [0.25, 0.3) is 0 Å². The molecule has 0 aliphatic carbocycles. The van der Waals surface area contributed by atoms with Crippen LogP contribution in [0.2, 0.25) is 0 Å². The van der Waals surface area contributed by atoms with Crippen molar-refractivity contribution < 1.29 is 4.74 Å². The topological polar surface area (TPSA) is 9.23 Å². The molecule has 0 N–H and O–H groups in total. The highest BCUT2D eigenvalue weighted by molar-refractivity contribution is 5.38. The van der Waals surface area contributed by atoms with Crippen molar-refractivity contribution in [1.82, 2.24) is 0 Å². The summed E-state index contributed by atoms with van der Waals surface area (Å²) in [7, 11) is 0. The lowest BCUT2D eigenvalue weighted by Gasteiger charge is -2.16. The lowest BCUT2D eigenvalue weighted by atomic mass is 10.1. The van der Waals surface area contributed by atoms with Crippen LogP contribution in [-0.4, -0.2) is 0 Å². The number of para-hydroxylation sites is 1. The summed E-state index contributed by atoms with van der Waals surface area (Å²) in [6, 6.07) is 8.11. The minimum Gasteiger partial charge on any atom is -0.462 e. The number of fused-ring (bicyclic) bond motifs is 1. The van der Waals surface area contributed by atoms with Crippen LogP contribution >= 0.6 is 0 Å². The molecule has 0 atom stereocenters. The summed E-state index contributed by atoms with van der Waals surface area (Å²) in [5, 5.41) is 0. The van der Waals surface area contributed by atoms with Crippen LogP contribution in [0.5, 0.6) is 5.75 Å². The fourth-order valence-electron chi connectivity index (χ4n) is 1.33. The van der Waals surface area contributed by atoms with Crippen LogP contribution in [0, 0.1) is 6.92 Å². The minimum atomic E-state index is 0.730. The number of ether oxygens (including phenoxy) is 1. The minimum absolute atomic E-state index is 0.730. The van der Waals surface area contributed by atoms with E-state index in [-0.39, 0.29) is 0 Å². The Hall–Kier alpha value is -1.24. The third-order valence-electron chi connectivity index (χ3n) is 2.01. The van der Waals surface area contributed by atoms with Gasteiger partial charge in [-0.25, -0.2) is 0 Å². The molecule has 2 rings (SSSR count). The van der Waals surface area contributed by atoms with E-state index in [1.165, 1.54) is 5.56 Å². The third-order valence-corrected chi connectivity index (χ3v) is 2.01. The zero-order chi connectivity index (χ0) is 8.39. The molecular weight excluding hydrogens is 148 g/mol. The molecule has 1 radical (unpaired) electrons. The van der Waals surface area contributed by atoms with E-state index in [0.29, 0.717) is 0 Å². The number of hydrogen-bond donors (Lipinski definition) is 0. The average molecular weight is 159 g/mol. The van der Waals surface area contributed by atoms with E-state index in [2.05, 4.69) is 19.1 Å². The molecule has 1 heteroatoms. The maximum absolute atomic E-state index is 5.58. The SMILES string of the molecule is [CH2]CC1=CCc2ccccc2O1. The Morgan fingerprint density at radius 2 is 2.17 bits per heavy atom. The summed E-state index contributed by atoms with van der Waals surface area (Å²) in [6.07, 6.45) is 3.80. The number of rotatable bonds is 1. The first-order valence-corrected chi connectivity index (χ1v) is 4.14. The molecule has 1 heterocycles. The van der Waals surface area contributed by atoms with E-state index in [0.717, 1.165) is 24.4 Å². The van der Waals surface area contributed by atoms with Crippen molar-refractivity contribution in [2.45, 2.75) is 12.8 Å². The van der Waals surface area contributed by atoms with Gasteiger partial charge >= 0.3 is 0 Å². The molecule has 0 bridgehead atoms. The smallest absolute Gasteiger partial charge is 0.130 e. The molecule has 1 aliphatic heterocycles. The number of hydrogen-bond acceptors (Lipinski definition) is 1.